The molecule has 0 spiro atoms. The fourth-order valence-corrected chi connectivity index (χ4v) is 5.19. The van der Waals surface area contributed by atoms with E-state index < -0.39 is 45.4 Å². The van der Waals surface area contributed by atoms with Gasteiger partial charge >= 0.3 is 6.03 Å². The molecule has 1 aliphatic rings. The van der Waals surface area contributed by atoms with E-state index >= 15 is 0 Å². The summed E-state index contributed by atoms with van der Waals surface area (Å²) < 4.78 is 35.4. The second-order valence-corrected chi connectivity index (χ2v) is 10.4. The van der Waals surface area contributed by atoms with Crippen LogP contribution in [0.2, 0.25) is 0 Å². The molecule has 1 aliphatic heterocycles. The largest absolute Gasteiger partial charge is 0.378 e. The first-order valence-electron chi connectivity index (χ1n) is 11.1. The van der Waals surface area contributed by atoms with Crippen molar-refractivity contribution < 1.29 is 32.1 Å². The zero-order valence-corrected chi connectivity index (χ0v) is 20.3. The fourth-order valence-electron chi connectivity index (χ4n) is 3.30. The summed E-state index contributed by atoms with van der Waals surface area (Å²) >= 11 is 0. The molecule has 1 aromatic heterocycles. The van der Waals surface area contributed by atoms with Gasteiger partial charge < -0.3 is 24.8 Å². The highest BCUT2D eigenvalue weighted by atomic mass is 32.2. The number of aryl methyl sites for hydroxylation is 1. The Kier molecular flexibility index (Phi) is 9.77. The number of hydrogen-bond donors (Lipinski definition) is 2. The van der Waals surface area contributed by atoms with Gasteiger partial charge in [0.2, 0.25) is 23.4 Å². The van der Waals surface area contributed by atoms with Crippen LogP contribution in [0.3, 0.4) is 0 Å². The number of ether oxygens (including phenoxy) is 1. The van der Waals surface area contributed by atoms with Crippen molar-refractivity contribution in [3.63, 3.8) is 0 Å². The van der Waals surface area contributed by atoms with Gasteiger partial charge in [-0.1, -0.05) is 32.9 Å². The van der Waals surface area contributed by atoms with Crippen molar-refractivity contribution in [3.05, 3.63) is 11.7 Å². The molecular weight excluding hydrogens is 454 g/mol. The smallest absolute Gasteiger partial charge is 0.318 e. The molecule has 33 heavy (non-hydrogen) atoms. The first-order valence-corrected chi connectivity index (χ1v) is 12.9. The molecule has 2 unspecified atom stereocenters. The van der Waals surface area contributed by atoms with E-state index in [0.29, 0.717) is 32.7 Å². The second-order valence-electron chi connectivity index (χ2n) is 8.27. The fraction of sp³-hybridized carbons (Fsp3) is 0.750. The van der Waals surface area contributed by atoms with Crippen LogP contribution in [0.5, 0.6) is 0 Å². The van der Waals surface area contributed by atoms with E-state index in [-0.39, 0.29) is 29.8 Å². The van der Waals surface area contributed by atoms with Crippen LogP contribution < -0.4 is 10.6 Å². The van der Waals surface area contributed by atoms with Crippen molar-refractivity contribution in [1.29, 1.82) is 0 Å². The summed E-state index contributed by atoms with van der Waals surface area (Å²) in [7, 11) is -3.66. The first kappa shape index (κ1) is 26.7. The minimum Gasteiger partial charge on any atom is -0.378 e. The van der Waals surface area contributed by atoms with E-state index in [4.69, 9.17) is 9.26 Å². The molecule has 1 aromatic rings. The number of nitrogens with zero attached hydrogens (tertiary/aromatic N) is 3. The lowest BCUT2D eigenvalue weighted by atomic mass is 10.1. The van der Waals surface area contributed by atoms with Crippen molar-refractivity contribution in [2.24, 2.45) is 5.92 Å². The maximum atomic E-state index is 13.0. The summed E-state index contributed by atoms with van der Waals surface area (Å²) in [5.41, 5.74) is 0. The summed E-state index contributed by atoms with van der Waals surface area (Å²) in [6, 6.07) is -2.94. The van der Waals surface area contributed by atoms with E-state index in [1.807, 2.05) is 0 Å². The third-order valence-electron chi connectivity index (χ3n) is 4.95. The van der Waals surface area contributed by atoms with Gasteiger partial charge in [0.1, 0.15) is 6.04 Å². The third kappa shape index (κ3) is 8.07. The molecule has 2 N–H and O–H groups in total. The lowest BCUT2D eigenvalue weighted by Crippen LogP contribution is -2.57. The molecule has 0 saturated carbocycles. The number of nitrogens with one attached hydrogen (secondary N) is 2. The molecule has 1 saturated heterocycles. The Morgan fingerprint density at radius 1 is 1.06 bits per heavy atom. The number of aromatic nitrogens is 2. The maximum Gasteiger partial charge on any atom is 0.318 e. The van der Waals surface area contributed by atoms with Crippen LogP contribution >= 0.6 is 0 Å². The van der Waals surface area contributed by atoms with Crippen molar-refractivity contribution in [2.45, 2.75) is 52.6 Å². The van der Waals surface area contributed by atoms with Gasteiger partial charge in [-0.15, -0.1) is 0 Å². The van der Waals surface area contributed by atoms with Crippen molar-refractivity contribution >= 4 is 27.6 Å². The number of sulfone groups is 1. The Balaban J connectivity index is 2.17. The minimum atomic E-state index is -3.66. The number of morpholine rings is 1. The highest BCUT2D eigenvalue weighted by molar-refractivity contribution is 7.91. The minimum absolute atomic E-state index is 0.136. The quantitative estimate of drug-likeness (QED) is 0.415. The van der Waals surface area contributed by atoms with Gasteiger partial charge in [0.25, 0.3) is 0 Å². The molecule has 3 amide bonds. The van der Waals surface area contributed by atoms with Crippen molar-refractivity contribution in [2.75, 3.05) is 37.8 Å². The Labute approximate surface area is 193 Å². The topological polar surface area (TPSA) is 161 Å². The van der Waals surface area contributed by atoms with Gasteiger partial charge in [-0.05, 0) is 12.3 Å². The van der Waals surface area contributed by atoms with Crippen LogP contribution in [0.15, 0.2) is 4.52 Å². The van der Waals surface area contributed by atoms with Crippen LogP contribution in [-0.2, 0) is 25.8 Å². The lowest BCUT2D eigenvalue weighted by molar-refractivity contribution is -0.123. The summed E-state index contributed by atoms with van der Waals surface area (Å²) in [6.07, 6.45) is 0.663. The van der Waals surface area contributed by atoms with Crippen LogP contribution in [0, 0.1) is 5.92 Å². The predicted octanol–water partition coefficient (Wildman–Crippen LogP) is 0.191. The Hall–Kier alpha value is -2.54. The molecule has 0 radical (unpaired) electrons. The monoisotopic (exact) mass is 487 g/mol. The van der Waals surface area contributed by atoms with Gasteiger partial charge in [0.05, 0.1) is 30.8 Å². The molecule has 1 fully saturated rings. The van der Waals surface area contributed by atoms with Gasteiger partial charge in [-0.25, -0.2) is 13.2 Å². The maximum absolute atomic E-state index is 13.0. The summed E-state index contributed by atoms with van der Waals surface area (Å²) in [4.78, 5) is 43.9. The average Bonchev–Trinajstić information content (AvgIpc) is 3.25. The number of urea groups is 1. The molecule has 0 aliphatic carbocycles. The van der Waals surface area contributed by atoms with Crippen molar-refractivity contribution in [1.82, 2.24) is 25.7 Å². The van der Waals surface area contributed by atoms with E-state index in [9.17, 15) is 22.8 Å². The molecule has 2 heterocycles. The molecular formula is C20H33N5O7S. The summed E-state index contributed by atoms with van der Waals surface area (Å²) in [6.45, 7) is 8.33. The zero-order valence-electron chi connectivity index (χ0n) is 19.5. The highest BCUT2D eigenvalue weighted by Crippen LogP contribution is 2.08. The zero-order chi connectivity index (χ0) is 24.6. The molecule has 13 heteroatoms. The van der Waals surface area contributed by atoms with Gasteiger partial charge in [0.15, 0.2) is 9.84 Å². The predicted molar refractivity (Wildman–Crippen MR) is 118 cm³/mol. The lowest BCUT2D eigenvalue weighted by Gasteiger charge is -2.29. The number of amides is 3. The number of carbonyl (C=O) groups is 3. The Morgan fingerprint density at radius 3 is 2.27 bits per heavy atom. The number of Topliss-reactive ketones (excluding diaryl/α,β-unsaturated/α-hetero) is 1. The molecule has 2 rings (SSSR count). The standard InChI is InChI=1S/C20H33N5O7S/c1-5-14(17(26)18-23-16(6-2)32-24-18)21-19(27)15(12-33(29,30)11-13(3)4)22-20(28)25-7-9-31-10-8-25/h13-15H,5-12H2,1-4H3,(H,21,27)(H,22,28). The average molecular weight is 488 g/mol. The Morgan fingerprint density at radius 2 is 1.73 bits per heavy atom. The van der Waals surface area contributed by atoms with E-state index in [1.54, 1.807) is 27.7 Å². The van der Waals surface area contributed by atoms with Gasteiger partial charge in [-0.2, -0.15) is 4.98 Å². The molecule has 186 valence electrons. The van der Waals surface area contributed by atoms with Crippen LogP contribution in [0.4, 0.5) is 4.79 Å². The number of ketones is 1. The highest BCUT2D eigenvalue weighted by Gasteiger charge is 2.33. The third-order valence-corrected chi connectivity index (χ3v) is 6.97. The first-order chi connectivity index (χ1) is 15.6. The van der Waals surface area contributed by atoms with E-state index in [1.165, 1.54) is 4.90 Å². The normalized spacial score (nSPS) is 16.3. The van der Waals surface area contributed by atoms with Crippen LogP contribution in [-0.4, -0.2) is 91.1 Å². The van der Waals surface area contributed by atoms with Crippen molar-refractivity contribution in [3.8, 4) is 0 Å². The van der Waals surface area contributed by atoms with Crippen LogP contribution in [0.25, 0.3) is 0 Å². The molecule has 12 nitrogen and oxygen atoms in total. The van der Waals surface area contributed by atoms with Gasteiger partial charge in [0, 0.05) is 19.5 Å². The Bertz CT molecular complexity index is 925. The molecule has 0 bridgehead atoms. The number of hydrogen-bond acceptors (Lipinski definition) is 9. The summed E-state index contributed by atoms with van der Waals surface area (Å²) in [5, 5.41) is 8.70. The molecule has 0 aromatic carbocycles. The van der Waals surface area contributed by atoms with E-state index in [2.05, 4.69) is 20.8 Å². The van der Waals surface area contributed by atoms with Crippen LogP contribution in [0.1, 0.15) is 50.6 Å². The second kappa shape index (κ2) is 12.1. The summed E-state index contributed by atoms with van der Waals surface area (Å²) in [5.74, 6) is -2.08. The van der Waals surface area contributed by atoms with E-state index in [0.717, 1.165) is 0 Å². The SMILES string of the molecule is CCc1nc(C(=O)C(CC)NC(=O)C(CS(=O)(=O)CC(C)C)NC(=O)N2CCOCC2)no1. The number of carbonyl (C=O) groups excluding carboxylic acids is 3. The molecule has 2 atom stereocenters. The van der Waals surface area contributed by atoms with Gasteiger partial charge in [-0.3, -0.25) is 9.59 Å². The number of rotatable bonds is 11.